The van der Waals surface area contributed by atoms with Gasteiger partial charge in [0.2, 0.25) is 0 Å². The molecular weight excluding hydrogens is 303 g/mol. The number of halogens is 1. The predicted molar refractivity (Wildman–Crippen MR) is 93.5 cm³/mol. The summed E-state index contributed by atoms with van der Waals surface area (Å²) in [4.78, 5) is 10.9. The second-order valence-electron chi connectivity index (χ2n) is 5.78. The number of aryl methyl sites for hydroxylation is 1. The molecule has 120 valence electrons. The van der Waals surface area contributed by atoms with E-state index in [1.54, 1.807) is 18.5 Å². The number of rotatable bonds is 3. The van der Waals surface area contributed by atoms with Gasteiger partial charge >= 0.3 is 0 Å². The average Bonchev–Trinajstić information content (AvgIpc) is 2.63. The minimum Gasteiger partial charge on any atom is -0.340 e. The van der Waals surface area contributed by atoms with Gasteiger partial charge in [0.05, 0.1) is 0 Å². The maximum atomic E-state index is 13.0. The molecule has 5 heteroatoms. The molecule has 4 nitrogen and oxygen atoms in total. The van der Waals surface area contributed by atoms with E-state index in [1.165, 1.54) is 23.4 Å². The van der Waals surface area contributed by atoms with Crippen LogP contribution in [0.15, 0.2) is 60.9 Å². The Hall–Kier alpha value is -2.95. The van der Waals surface area contributed by atoms with Crippen molar-refractivity contribution >= 4 is 23.0 Å². The summed E-state index contributed by atoms with van der Waals surface area (Å²) in [5, 5.41) is 3.19. The fraction of sp³-hybridized carbons (Fsp3) is 0.158. The number of fused-ring (bicyclic) bond motifs is 1. The molecule has 0 bridgehead atoms. The van der Waals surface area contributed by atoms with Crippen molar-refractivity contribution in [2.45, 2.75) is 12.8 Å². The van der Waals surface area contributed by atoms with Crippen LogP contribution < -0.4 is 10.2 Å². The number of benzene rings is 2. The van der Waals surface area contributed by atoms with Crippen molar-refractivity contribution in [3.05, 3.63) is 72.3 Å². The van der Waals surface area contributed by atoms with Crippen molar-refractivity contribution in [3.8, 4) is 0 Å². The molecule has 1 aliphatic rings. The van der Waals surface area contributed by atoms with Crippen molar-refractivity contribution in [2.75, 3.05) is 16.8 Å². The van der Waals surface area contributed by atoms with Crippen LogP contribution in [0.25, 0.3) is 0 Å². The van der Waals surface area contributed by atoms with Gasteiger partial charge < -0.3 is 10.2 Å². The molecule has 0 spiro atoms. The molecule has 0 radical (unpaired) electrons. The highest BCUT2D eigenvalue weighted by Gasteiger charge is 2.19. The molecule has 2 heterocycles. The molecule has 1 aromatic heterocycles. The summed E-state index contributed by atoms with van der Waals surface area (Å²) in [5.41, 5.74) is 3.34. The lowest BCUT2D eigenvalue weighted by atomic mass is 10.0. The van der Waals surface area contributed by atoms with Gasteiger partial charge in [-0.3, -0.25) is 0 Å². The molecule has 1 aliphatic heterocycles. The van der Waals surface area contributed by atoms with Crippen LogP contribution in [-0.2, 0) is 6.42 Å². The van der Waals surface area contributed by atoms with Crippen molar-refractivity contribution in [1.29, 1.82) is 0 Å². The molecular formula is C19H17FN4. The normalized spacial score (nSPS) is 13.5. The van der Waals surface area contributed by atoms with Gasteiger partial charge in [0.15, 0.2) is 0 Å². The molecule has 1 N–H and O–H groups in total. The van der Waals surface area contributed by atoms with Crippen LogP contribution in [0.3, 0.4) is 0 Å². The number of anilines is 4. The minimum atomic E-state index is -0.256. The number of aromatic nitrogens is 2. The Morgan fingerprint density at radius 3 is 2.71 bits per heavy atom. The highest BCUT2D eigenvalue weighted by molar-refractivity contribution is 5.68. The SMILES string of the molecule is Fc1ccc(Nc2cc(N3CCCc4ccccc43)ncn2)cc1. The number of hydrogen-bond donors (Lipinski definition) is 1. The molecule has 0 saturated carbocycles. The summed E-state index contributed by atoms with van der Waals surface area (Å²) in [5.74, 6) is 1.30. The van der Waals surface area contributed by atoms with Gasteiger partial charge in [-0.15, -0.1) is 0 Å². The lowest BCUT2D eigenvalue weighted by Gasteiger charge is -2.30. The topological polar surface area (TPSA) is 41.0 Å². The van der Waals surface area contributed by atoms with E-state index in [4.69, 9.17) is 0 Å². The van der Waals surface area contributed by atoms with Crippen molar-refractivity contribution in [2.24, 2.45) is 0 Å². The monoisotopic (exact) mass is 320 g/mol. The summed E-state index contributed by atoms with van der Waals surface area (Å²) in [6.07, 6.45) is 3.75. The first-order valence-electron chi connectivity index (χ1n) is 8.00. The highest BCUT2D eigenvalue weighted by atomic mass is 19.1. The van der Waals surface area contributed by atoms with E-state index in [0.717, 1.165) is 30.9 Å². The van der Waals surface area contributed by atoms with E-state index in [1.807, 2.05) is 6.07 Å². The number of hydrogen-bond acceptors (Lipinski definition) is 4. The van der Waals surface area contributed by atoms with E-state index < -0.39 is 0 Å². The van der Waals surface area contributed by atoms with E-state index in [-0.39, 0.29) is 5.82 Å². The van der Waals surface area contributed by atoms with Gasteiger partial charge in [0.1, 0.15) is 23.8 Å². The van der Waals surface area contributed by atoms with Crippen LogP contribution in [0, 0.1) is 5.82 Å². The Balaban J connectivity index is 1.62. The van der Waals surface area contributed by atoms with Crippen LogP contribution in [0.4, 0.5) is 27.4 Å². The first-order chi connectivity index (χ1) is 11.8. The van der Waals surface area contributed by atoms with Crippen molar-refractivity contribution in [1.82, 2.24) is 9.97 Å². The zero-order chi connectivity index (χ0) is 16.4. The van der Waals surface area contributed by atoms with Crippen molar-refractivity contribution < 1.29 is 4.39 Å². The zero-order valence-corrected chi connectivity index (χ0v) is 13.1. The first-order valence-corrected chi connectivity index (χ1v) is 8.00. The van der Waals surface area contributed by atoms with E-state index >= 15 is 0 Å². The van der Waals surface area contributed by atoms with Gasteiger partial charge in [0.25, 0.3) is 0 Å². The zero-order valence-electron chi connectivity index (χ0n) is 13.1. The molecule has 0 saturated heterocycles. The Morgan fingerprint density at radius 2 is 1.83 bits per heavy atom. The van der Waals surface area contributed by atoms with Crippen LogP contribution in [0.2, 0.25) is 0 Å². The number of para-hydroxylation sites is 1. The van der Waals surface area contributed by atoms with Gasteiger partial charge in [-0.25, -0.2) is 14.4 Å². The van der Waals surface area contributed by atoms with Crippen LogP contribution in [-0.4, -0.2) is 16.5 Å². The highest BCUT2D eigenvalue weighted by Crippen LogP contribution is 2.32. The van der Waals surface area contributed by atoms with Gasteiger partial charge in [-0.05, 0) is 48.7 Å². The fourth-order valence-electron chi connectivity index (χ4n) is 3.02. The summed E-state index contributed by atoms with van der Waals surface area (Å²) in [6, 6.07) is 16.6. The standard InChI is InChI=1S/C19H17FN4/c20-15-7-9-16(10-8-15)23-18-12-19(22-13-21-18)24-11-3-5-14-4-1-2-6-17(14)24/h1-2,4,6-10,12-13H,3,5,11H2,(H,21,22,23). The third-order valence-electron chi connectivity index (χ3n) is 4.16. The van der Waals surface area contributed by atoms with Crippen molar-refractivity contribution in [3.63, 3.8) is 0 Å². The molecule has 0 aliphatic carbocycles. The maximum Gasteiger partial charge on any atom is 0.138 e. The largest absolute Gasteiger partial charge is 0.340 e. The Bertz CT molecular complexity index is 848. The van der Waals surface area contributed by atoms with Crippen LogP contribution >= 0.6 is 0 Å². The van der Waals surface area contributed by atoms with E-state index in [0.29, 0.717) is 5.82 Å². The van der Waals surface area contributed by atoms with Gasteiger partial charge in [-0.1, -0.05) is 18.2 Å². The third kappa shape index (κ3) is 2.93. The van der Waals surface area contributed by atoms with Crippen LogP contribution in [0.5, 0.6) is 0 Å². The summed E-state index contributed by atoms with van der Waals surface area (Å²) < 4.78 is 13.0. The van der Waals surface area contributed by atoms with Gasteiger partial charge in [-0.2, -0.15) is 0 Å². The Morgan fingerprint density at radius 1 is 1.00 bits per heavy atom. The number of nitrogens with one attached hydrogen (secondary N) is 1. The molecule has 24 heavy (non-hydrogen) atoms. The third-order valence-corrected chi connectivity index (χ3v) is 4.16. The molecule has 0 amide bonds. The quantitative estimate of drug-likeness (QED) is 0.774. The lowest BCUT2D eigenvalue weighted by Crippen LogP contribution is -2.25. The summed E-state index contributed by atoms with van der Waals surface area (Å²) in [6.45, 7) is 0.935. The lowest BCUT2D eigenvalue weighted by molar-refractivity contribution is 0.628. The summed E-state index contributed by atoms with van der Waals surface area (Å²) in [7, 11) is 0. The molecule has 2 aromatic carbocycles. The smallest absolute Gasteiger partial charge is 0.138 e. The second-order valence-corrected chi connectivity index (χ2v) is 5.78. The predicted octanol–water partition coefficient (Wildman–Crippen LogP) is 4.44. The van der Waals surface area contributed by atoms with E-state index in [2.05, 4.69) is 44.5 Å². The molecule has 0 fully saturated rings. The molecule has 4 rings (SSSR count). The van der Waals surface area contributed by atoms with E-state index in [9.17, 15) is 4.39 Å². The molecule has 0 unspecified atom stereocenters. The first kappa shape index (κ1) is 14.6. The number of nitrogens with zero attached hydrogens (tertiary/aromatic N) is 3. The van der Waals surface area contributed by atoms with Gasteiger partial charge in [0, 0.05) is 24.0 Å². The Labute approximate surface area is 140 Å². The molecule has 0 atom stereocenters. The minimum absolute atomic E-state index is 0.256. The fourth-order valence-corrected chi connectivity index (χ4v) is 3.02. The maximum absolute atomic E-state index is 13.0. The molecule has 3 aromatic rings. The van der Waals surface area contributed by atoms with Crippen LogP contribution in [0.1, 0.15) is 12.0 Å². The second kappa shape index (κ2) is 6.28. The Kier molecular flexibility index (Phi) is 3.83. The summed E-state index contributed by atoms with van der Waals surface area (Å²) >= 11 is 0. The average molecular weight is 320 g/mol.